The summed E-state index contributed by atoms with van der Waals surface area (Å²) in [5, 5.41) is 9.97. The van der Waals surface area contributed by atoms with Crippen LogP contribution in [-0.2, 0) is 4.79 Å². The highest BCUT2D eigenvalue weighted by molar-refractivity contribution is 5.84. The zero-order valence-corrected chi connectivity index (χ0v) is 7.94. The SMILES string of the molecule is CCCC(C#N)NC(=O)C(F)(F)C(F)F. The molecular weight excluding hydrogens is 216 g/mol. The van der Waals surface area contributed by atoms with Crippen LogP contribution in [0.15, 0.2) is 0 Å². The van der Waals surface area contributed by atoms with Gasteiger partial charge >= 0.3 is 12.3 Å². The van der Waals surface area contributed by atoms with Crippen LogP contribution in [0, 0.1) is 11.3 Å². The number of amides is 1. The minimum absolute atomic E-state index is 0.140. The Morgan fingerprint density at radius 3 is 2.40 bits per heavy atom. The van der Waals surface area contributed by atoms with Crippen molar-refractivity contribution in [2.24, 2.45) is 0 Å². The molecule has 1 amide bonds. The van der Waals surface area contributed by atoms with Gasteiger partial charge in [-0.15, -0.1) is 0 Å². The number of carbonyl (C=O) groups is 1. The van der Waals surface area contributed by atoms with Crippen LogP contribution in [0.2, 0.25) is 0 Å². The maximum absolute atomic E-state index is 12.4. The van der Waals surface area contributed by atoms with Gasteiger partial charge in [0.1, 0.15) is 6.04 Å². The molecule has 1 atom stereocenters. The van der Waals surface area contributed by atoms with Crippen LogP contribution in [-0.4, -0.2) is 24.3 Å². The molecule has 0 aromatic rings. The summed E-state index contributed by atoms with van der Waals surface area (Å²) in [6, 6.07) is 0.375. The van der Waals surface area contributed by atoms with Crippen LogP contribution in [0.5, 0.6) is 0 Å². The van der Waals surface area contributed by atoms with Gasteiger partial charge < -0.3 is 5.32 Å². The van der Waals surface area contributed by atoms with Gasteiger partial charge in [0.25, 0.3) is 5.91 Å². The van der Waals surface area contributed by atoms with Crippen molar-refractivity contribution in [3.05, 3.63) is 0 Å². The first kappa shape index (κ1) is 13.7. The zero-order chi connectivity index (χ0) is 12.1. The van der Waals surface area contributed by atoms with Crippen LogP contribution >= 0.6 is 0 Å². The molecule has 3 nitrogen and oxygen atoms in total. The van der Waals surface area contributed by atoms with Gasteiger partial charge in [-0.1, -0.05) is 13.3 Å². The molecule has 0 fully saturated rings. The Kier molecular flexibility index (Phi) is 5.05. The molecule has 0 aromatic carbocycles. The highest BCUT2D eigenvalue weighted by Gasteiger charge is 2.49. The molecule has 0 aliphatic heterocycles. The summed E-state index contributed by atoms with van der Waals surface area (Å²) in [7, 11) is 0. The van der Waals surface area contributed by atoms with E-state index in [1.54, 1.807) is 12.2 Å². The first-order valence-corrected chi connectivity index (χ1v) is 4.22. The summed E-state index contributed by atoms with van der Waals surface area (Å²) in [5.74, 6) is -6.86. The van der Waals surface area contributed by atoms with Crippen molar-refractivity contribution in [1.82, 2.24) is 5.32 Å². The summed E-state index contributed by atoms with van der Waals surface area (Å²) < 4.78 is 48.2. The lowest BCUT2D eigenvalue weighted by molar-refractivity contribution is -0.169. The third kappa shape index (κ3) is 3.73. The fraction of sp³-hybridized carbons (Fsp3) is 0.750. The summed E-state index contributed by atoms with van der Waals surface area (Å²) in [6.07, 6.45) is -3.46. The maximum Gasteiger partial charge on any atom is 0.383 e. The van der Waals surface area contributed by atoms with Crippen molar-refractivity contribution in [2.75, 3.05) is 0 Å². The highest BCUT2D eigenvalue weighted by atomic mass is 19.3. The van der Waals surface area contributed by atoms with Crippen molar-refractivity contribution >= 4 is 5.91 Å². The zero-order valence-electron chi connectivity index (χ0n) is 7.94. The standard InChI is InChI=1S/C8H10F4N2O/c1-2-3-5(4-13)14-7(15)8(11,12)6(9)10/h5-6H,2-3H2,1H3,(H,14,15). The van der Waals surface area contributed by atoms with E-state index in [9.17, 15) is 22.4 Å². The van der Waals surface area contributed by atoms with Crippen LogP contribution in [0.25, 0.3) is 0 Å². The first-order valence-electron chi connectivity index (χ1n) is 4.22. The second-order valence-electron chi connectivity index (χ2n) is 2.87. The second-order valence-corrected chi connectivity index (χ2v) is 2.87. The van der Waals surface area contributed by atoms with Crippen molar-refractivity contribution in [2.45, 2.75) is 38.2 Å². The molecule has 0 heterocycles. The molecule has 0 aromatic heterocycles. The van der Waals surface area contributed by atoms with E-state index in [0.717, 1.165) is 0 Å². The van der Waals surface area contributed by atoms with Gasteiger partial charge in [-0.3, -0.25) is 4.79 Å². The quantitative estimate of drug-likeness (QED) is 0.725. The van der Waals surface area contributed by atoms with E-state index in [0.29, 0.717) is 6.42 Å². The highest BCUT2D eigenvalue weighted by Crippen LogP contribution is 2.23. The molecule has 0 bridgehead atoms. The van der Waals surface area contributed by atoms with Crippen molar-refractivity contribution < 1.29 is 22.4 Å². The molecular formula is C8H10F4N2O. The molecule has 0 aliphatic carbocycles. The molecule has 0 saturated carbocycles. The van der Waals surface area contributed by atoms with E-state index < -0.39 is 24.3 Å². The topological polar surface area (TPSA) is 52.9 Å². The van der Waals surface area contributed by atoms with E-state index in [1.165, 1.54) is 6.07 Å². The van der Waals surface area contributed by atoms with E-state index in [2.05, 4.69) is 0 Å². The normalized spacial score (nSPS) is 13.4. The molecule has 1 N–H and O–H groups in total. The monoisotopic (exact) mass is 226 g/mol. The minimum atomic E-state index is -4.75. The Hall–Kier alpha value is -1.32. The fourth-order valence-electron chi connectivity index (χ4n) is 0.811. The van der Waals surface area contributed by atoms with E-state index in [1.807, 2.05) is 0 Å². The molecule has 86 valence electrons. The lowest BCUT2D eigenvalue weighted by atomic mass is 10.2. The summed E-state index contributed by atoms with van der Waals surface area (Å²) >= 11 is 0. The molecule has 1 unspecified atom stereocenters. The molecule has 0 rings (SSSR count). The molecule has 0 radical (unpaired) electrons. The van der Waals surface area contributed by atoms with E-state index in [-0.39, 0.29) is 6.42 Å². The smallest absolute Gasteiger partial charge is 0.335 e. The van der Waals surface area contributed by atoms with Gasteiger partial charge in [0.2, 0.25) is 0 Å². The average Bonchev–Trinajstić information content (AvgIpc) is 2.16. The fourth-order valence-corrected chi connectivity index (χ4v) is 0.811. The Balaban J connectivity index is 4.42. The summed E-state index contributed by atoms with van der Waals surface area (Å²) in [4.78, 5) is 10.7. The van der Waals surface area contributed by atoms with Gasteiger partial charge in [0.15, 0.2) is 0 Å². The van der Waals surface area contributed by atoms with Crippen molar-refractivity contribution in [1.29, 1.82) is 5.26 Å². The van der Waals surface area contributed by atoms with Crippen molar-refractivity contribution in [3.8, 4) is 6.07 Å². The van der Waals surface area contributed by atoms with Gasteiger partial charge in [0.05, 0.1) is 6.07 Å². The van der Waals surface area contributed by atoms with E-state index >= 15 is 0 Å². The maximum atomic E-state index is 12.4. The summed E-state index contributed by atoms with van der Waals surface area (Å²) in [6.45, 7) is 1.67. The average molecular weight is 226 g/mol. The number of nitrogens with one attached hydrogen (secondary N) is 1. The Morgan fingerprint density at radius 1 is 1.53 bits per heavy atom. The molecule has 7 heteroatoms. The number of hydrogen-bond acceptors (Lipinski definition) is 2. The van der Waals surface area contributed by atoms with Gasteiger partial charge in [-0.2, -0.15) is 14.0 Å². The minimum Gasteiger partial charge on any atom is -0.335 e. The van der Waals surface area contributed by atoms with Crippen LogP contribution < -0.4 is 5.32 Å². The summed E-state index contributed by atoms with van der Waals surface area (Å²) in [5.41, 5.74) is 0. The second kappa shape index (κ2) is 5.53. The number of hydrogen-bond donors (Lipinski definition) is 1. The number of nitrogens with zero attached hydrogens (tertiary/aromatic N) is 1. The molecule has 15 heavy (non-hydrogen) atoms. The van der Waals surface area contributed by atoms with Crippen LogP contribution in [0.3, 0.4) is 0 Å². The van der Waals surface area contributed by atoms with Crippen LogP contribution in [0.1, 0.15) is 19.8 Å². The number of nitriles is 1. The Bertz CT molecular complexity index is 262. The molecule has 0 spiro atoms. The molecule has 0 saturated heterocycles. The predicted molar refractivity (Wildman–Crippen MR) is 43.4 cm³/mol. The number of halogens is 4. The predicted octanol–water partition coefficient (Wildman–Crippen LogP) is 1.70. The largest absolute Gasteiger partial charge is 0.383 e. The first-order chi connectivity index (χ1) is 6.86. The third-order valence-corrected chi connectivity index (χ3v) is 1.62. The number of rotatable bonds is 5. The molecule has 0 aliphatic rings. The van der Waals surface area contributed by atoms with Gasteiger partial charge in [0, 0.05) is 0 Å². The van der Waals surface area contributed by atoms with E-state index in [4.69, 9.17) is 5.26 Å². The number of alkyl halides is 4. The number of carbonyl (C=O) groups excluding carboxylic acids is 1. The van der Waals surface area contributed by atoms with Crippen molar-refractivity contribution in [3.63, 3.8) is 0 Å². The lowest BCUT2D eigenvalue weighted by Crippen LogP contribution is -2.48. The van der Waals surface area contributed by atoms with Gasteiger partial charge in [-0.25, -0.2) is 8.78 Å². The Labute approximate surface area is 84.1 Å². The van der Waals surface area contributed by atoms with Gasteiger partial charge in [-0.05, 0) is 6.42 Å². The lowest BCUT2D eigenvalue weighted by Gasteiger charge is -2.17. The Morgan fingerprint density at radius 2 is 2.07 bits per heavy atom. The van der Waals surface area contributed by atoms with Crippen LogP contribution in [0.4, 0.5) is 17.6 Å². The third-order valence-electron chi connectivity index (χ3n) is 1.62.